The van der Waals surface area contributed by atoms with Gasteiger partial charge >= 0.3 is 0 Å². The van der Waals surface area contributed by atoms with Crippen LogP contribution in [0.4, 0.5) is 0 Å². The third-order valence-corrected chi connectivity index (χ3v) is 4.98. The topological polar surface area (TPSA) is 18.5 Å². The number of nitrogens with zero attached hydrogens (tertiary/aromatic N) is 2. The molecular weight excluding hydrogens is 234 g/mol. The van der Waals surface area contributed by atoms with Gasteiger partial charge in [0.2, 0.25) is 0 Å². The maximum absolute atomic E-state index is 3.75. The van der Waals surface area contributed by atoms with Crippen molar-refractivity contribution >= 4 is 0 Å². The van der Waals surface area contributed by atoms with Gasteiger partial charge in [0.15, 0.2) is 0 Å². The van der Waals surface area contributed by atoms with E-state index in [9.17, 15) is 0 Å². The first-order valence-corrected chi connectivity index (χ1v) is 8.38. The number of nitrogens with one attached hydrogen (secondary N) is 1. The van der Waals surface area contributed by atoms with Gasteiger partial charge in [-0.05, 0) is 72.4 Å². The lowest BCUT2D eigenvalue weighted by atomic mass is 9.95. The molecule has 0 aromatic rings. The van der Waals surface area contributed by atoms with Crippen molar-refractivity contribution in [2.45, 2.75) is 63.5 Å². The summed E-state index contributed by atoms with van der Waals surface area (Å²) in [5, 5.41) is 3.75. The quantitative estimate of drug-likeness (QED) is 0.745. The molecule has 112 valence electrons. The molecule has 0 amide bonds. The normalized spacial score (nSPS) is 24.2. The zero-order valence-corrected chi connectivity index (χ0v) is 13.0. The number of hydrogen-bond donors (Lipinski definition) is 1. The van der Waals surface area contributed by atoms with Crippen LogP contribution in [-0.2, 0) is 0 Å². The van der Waals surface area contributed by atoms with Crippen LogP contribution in [0.2, 0.25) is 0 Å². The highest BCUT2D eigenvalue weighted by Gasteiger charge is 2.20. The van der Waals surface area contributed by atoms with Gasteiger partial charge < -0.3 is 15.1 Å². The van der Waals surface area contributed by atoms with Gasteiger partial charge in [-0.15, -0.1) is 0 Å². The van der Waals surface area contributed by atoms with E-state index < -0.39 is 0 Å². The number of likely N-dealkylation sites (tertiary alicyclic amines) is 1. The SMILES string of the molecule is CN(C)C1CCN(CCCNC2CCCCC2)CC1. The predicted octanol–water partition coefficient (Wildman–Crippen LogP) is 2.32. The maximum Gasteiger partial charge on any atom is 0.0113 e. The first-order valence-electron chi connectivity index (χ1n) is 8.38. The number of rotatable bonds is 6. The molecule has 0 unspecified atom stereocenters. The molecule has 3 heteroatoms. The summed E-state index contributed by atoms with van der Waals surface area (Å²) < 4.78 is 0. The third-order valence-electron chi connectivity index (χ3n) is 4.98. The smallest absolute Gasteiger partial charge is 0.0113 e. The molecule has 1 aliphatic heterocycles. The highest BCUT2D eigenvalue weighted by Crippen LogP contribution is 2.17. The standard InChI is InChI=1S/C16H33N3/c1-18(2)16-9-13-19(14-10-16)12-6-11-17-15-7-4-3-5-8-15/h15-17H,3-14H2,1-2H3. The molecular formula is C16H33N3. The summed E-state index contributed by atoms with van der Waals surface area (Å²) in [6.07, 6.45) is 11.2. The van der Waals surface area contributed by atoms with Crippen molar-refractivity contribution in [3.05, 3.63) is 0 Å². The molecule has 0 aromatic heterocycles. The van der Waals surface area contributed by atoms with Crippen molar-refractivity contribution in [2.75, 3.05) is 40.3 Å². The van der Waals surface area contributed by atoms with Crippen LogP contribution >= 0.6 is 0 Å². The lowest BCUT2D eigenvalue weighted by Gasteiger charge is -2.35. The van der Waals surface area contributed by atoms with Crippen LogP contribution in [0.5, 0.6) is 0 Å². The van der Waals surface area contributed by atoms with Gasteiger partial charge in [-0.25, -0.2) is 0 Å². The highest BCUT2D eigenvalue weighted by molar-refractivity contribution is 4.77. The Hall–Kier alpha value is -0.120. The summed E-state index contributed by atoms with van der Waals surface area (Å²) in [6.45, 7) is 5.11. The van der Waals surface area contributed by atoms with Crippen LogP contribution in [0.25, 0.3) is 0 Å². The largest absolute Gasteiger partial charge is 0.314 e. The second kappa shape index (κ2) is 8.23. The molecule has 0 aromatic carbocycles. The zero-order chi connectivity index (χ0) is 13.5. The van der Waals surface area contributed by atoms with E-state index in [-0.39, 0.29) is 0 Å². The minimum atomic E-state index is 0.816. The first kappa shape index (κ1) is 15.3. The molecule has 19 heavy (non-hydrogen) atoms. The summed E-state index contributed by atoms with van der Waals surface area (Å²) in [6, 6.07) is 1.64. The van der Waals surface area contributed by atoms with E-state index in [1.54, 1.807) is 0 Å². The third kappa shape index (κ3) is 5.41. The second-order valence-electron chi connectivity index (χ2n) is 6.68. The van der Waals surface area contributed by atoms with Gasteiger partial charge in [0, 0.05) is 12.1 Å². The van der Waals surface area contributed by atoms with E-state index in [4.69, 9.17) is 0 Å². The minimum Gasteiger partial charge on any atom is -0.314 e. The van der Waals surface area contributed by atoms with Crippen molar-refractivity contribution < 1.29 is 0 Å². The molecule has 1 saturated carbocycles. The summed E-state index contributed by atoms with van der Waals surface area (Å²) in [5.41, 5.74) is 0. The van der Waals surface area contributed by atoms with E-state index in [0.717, 1.165) is 12.1 Å². The van der Waals surface area contributed by atoms with E-state index in [1.165, 1.54) is 77.5 Å². The Balaban J connectivity index is 1.49. The van der Waals surface area contributed by atoms with Gasteiger partial charge in [0.1, 0.15) is 0 Å². The van der Waals surface area contributed by atoms with Gasteiger partial charge in [0.05, 0.1) is 0 Å². The van der Waals surface area contributed by atoms with Crippen LogP contribution < -0.4 is 5.32 Å². The highest BCUT2D eigenvalue weighted by atomic mass is 15.2. The monoisotopic (exact) mass is 267 g/mol. The Labute approximate surface area is 119 Å². The first-order chi connectivity index (χ1) is 9.25. The fourth-order valence-electron chi connectivity index (χ4n) is 3.57. The predicted molar refractivity (Wildman–Crippen MR) is 82.6 cm³/mol. The molecule has 1 aliphatic carbocycles. The second-order valence-corrected chi connectivity index (χ2v) is 6.68. The van der Waals surface area contributed by atoms with Gasteiger partial charge in [0.25, 0.3) is 0 Å². The Bertz CT molecular complexity index is 228. The van der Waals surface area contributed by atoms with Crippen LogP contribution in [-0.4, -0.2) is 62.2 Å². The Morgan fingerprint density at radius 2 is 1.68 bits per heavy atom. The van der Waals surface area contributed by atoms with E-state index in [2.05, 4.69) is 29.2 Å². The van der Waals surface area contributed by atoms with Crippen LogP contribution in [0.1, 0.15) is 51.4 Å². The molecule has 3 nitrogen and oxygen atoms in total. The van der Waals surface area contributed by atoms with Crippen LogP contribution in [0, 0.1) is 0 Å². The average Bonchev–Trinajstić information content (AvgIpc) is 2.45. The molecule has 1 saturated heterocycles. The molecule has 2 rings (SSSR count). The van der Waals surface area contributed by atoms with Gasteiger partial charge in [-0.1, -0.05) is 19.3 Å². The molecule has 1 heterocycles. The Morgan fingerprint density at radius 3 is 2.32 bits per heavy atom. The molecule has 2 fully saturated rings. The van der Waals surface area contributed by atoms with Gasteiger partial charge in [-0.3, -0.25) is 0 Å². The van der Waals surface area contributed by atoms with E-state index in [0.29, 0.717) is 0 Å². The summed E-state index contributed by atoms with van der Waals surface area (Å²) in [7, 11) is 4.43. The van der Waals surface area contributed by atoms with Crippen molar-refractivity contribution in [3.63, 3.8) is 0 Å². The van der Waals surface area contributed by atoms with Crippen molar-refractivity contribution in [1.82, 2.24) is 15.1 Å². The fraction of sp³-hybridized carbons (Fsp3) is 1.00. The fourth-order valence-corrected chi connectivity index (χ4v) is 3.57. The minimum absolute atomic E-state index is 0.816. The van der Waals surface area contributed by atoms with E-state index >= 15 is 0 Å². The van der Waals surface area contributed by atoms with Crippen molar-refractivity contribution in [1.29, 1.82) is 0 Å². The summed E-state index contributed by atoms with van der Waals surface area (Å²) >= 11 is 0. The van der Waals surface area contributed by atoms with Gasteiger partial charge in [-0.2, -0.15) is 0 Å². The molecule has 0 bridgehead atoms. The molecule has 0 radical (unpaired) electrons. The van der Waals surface area contributed by atoms with Crippen molar-refractivity contribution in [3.8, 4) is 0 Å². The Kier molecular flexibility index (Phi) is 6.62. The summed E-state index contributed by atoms with van der Waals surface area (Å²) in [4.78, 5) is 5.05. The maximum atomic E-state index is 3.75. The lowest BCUT2D eigenvalue weighted by molar-refractivity contribution is 0.143. The van der Waals surface area contributed by atoms with Crippen molar-refractivity contribution in [2.24, 2.45) is 0 Å². The molecule has 0 spiro atoms. The lowest BCUT2D eigenvalue weighted by Crippen LogP contribution is -2.42. The zero-order valence-electron chi connectivity index (χ0n) is 13.0. The number of hydrogen-bond acceptors (Lipinski definition) is 3. The molecule has 1 N–H and O–H groups in total. The van der Waals surface area contributed by atoms with Crippen LogP contribution in [0.15, 0.2) is 0 Å². The number of piperidine rings is 1. The molecule has 2 aliphatic rings. The van der Waals surface area contributed by atoms with E-state index in [1.807, 2.05) is 0 Å². The average molecular weight is 267 g/mol. The summed E-state index contributed by atoms with van der Waals surface area (Å²) in [5.74, 6) is 0. The van der Waals surface area contributed by atoms with Crippen LogP contribution in [0.3, 0.4) is 0 Å². The molecule has 0 atom stereocenters. The Morgan fingerprint density at radius 1 is 1.00 bits per heavy atom.